The molecule has 0 saturated heterocycles. The summed E-state index contributed by atoms with van der Waals surface area (Å²) in [7, 11) is 0. The van der Waals surface area contributed by atoms with Crippen molar-refractivity contribution in [2.75, 3.05) is 5.73 Å². The maximum absolute atomic E-state index is 9.19. The van der Waals surface area contributed by atoms with Crippen molar-refractivity contribution in [2.45, 2.75) is 0 Å². The number of thiophene rings is 1. The van der Waals surface area contributed by atoms with Gasteiger partial charge < -0.3 is 5.73 Å². The standard InChI is InChI=1S/C13H9N3S/c14-8-10-9-4-1-2-5-11(9)16(13(10)15)12-6-3-7-17-12/h1-7H,15H2. The summed E-state index contributed by atoms with van der Waals surface area (Å²) >= 11 is 1.60. The Morgan fingerprint density at radius 1 is 1.18 bits per heavy atom. The normalized spacial score (nSPS) is 10.5. The summed E-state index contributed by atoms with van der Waals surface area (Å²) in [4.78, 5) is 0. The fourth-order valence-electron chi connectivity index (χ4n) is 2.01. The van der Waals surface area contributed by atoms with E-state index in [2.05, 4.69) is 6.07 Å². The van der Waals surface area contributed by atoms with E-state index in [0.717, 1.165) is 15.9 Å². The van der Waals surface area contributed by atoms with Crippen molar-refractivity contribution in [2.24, 2.45) is 0 Å². The van der Waals surface area contributed by atoms with Gasteiger partial charge in [0.15, 0.2) is 0 Å². The molecule has 0 saturated carbocycles. The number of hydrogen-bond acceptors (Lipinski definition) is 3. The van der Waals surface area contributed by atoms with E-state index in [1.807, 2.05) is 46.3 Å². The van der Waals surface area contributed by atoms with Gasteiger partial charge in [0, 0.05) is 5.39 Å². The molecule has 0 spiro atoms. The van der Waals surface area contributed by atoms with Crippen LogP contribution in [0.25, 0.3) is 15.9 Å². The zero-order chi connectivity index (χ0) is 11.8. The molecule has 3 aromatic rings. The minimum absolute atomic E-state index is 0.510. The number of para-hydroxylation sites is 1. The van der Waals surface area contributed by atoms with E-state index in [1.54, 1.807) is 11.3 Å². The van der Waals surface area contributed by atoms with Crippen LogP contribution in [0.15, 0.2) is 41.8 Å². The topological polar surface area (TPSA) is 54.7 Å². The first-order valence-electron chi connectivity index (χ1n) is 5.16. The Balaban J connectivity index is 2.47. The third-order valence-corrected chi connectivity index (χ3v) is 3.60. The van der Waals surface area contributed by atoms with Gasteiger partial charge in [-0.3, -0.25) is 4.57 Å². The molecule has 17 heavy (non-hydrogen) atoms. The Labute approximate surface area is 102 Å². The van der Waals surface area contributed by atoms with Crippen LogP contribution in [-0.2, 0) is 0 Å². The van der Waals surface area contributed by atoms with E-state index in [1.165, 1.54) is 0 Å². The zero-order valence-corrected chi connectivity index (χ0v) is 9.74. The molecule has 2 aromatic heterocycles. The number of nitriles is 1. The van der Waals surface area contributed by atoms with Crippen molar-refractivity contribution >= 4 is 28.1 Å². The van der Waals surface area contributed by atoms with E-state index in [9.17, 15) is 5.26 Å². The van der Waals surface area contributed by atoms with Crippen molar-refractivity contribution in [3.05, 3.63) is 47.3 Å². The summed E-state index contributed by atoms with van der Waals surface area (Å²) in [5.41, 5.74) is 7.59. The van der Waals surface area contributed by atoms with Crippen LogP contribution < -0.4 is 5.73 Å². The number of anilines is 1. The molecule has 2 heterocycles. The second-order valence-corrected chi connectivity index (χ2v) is 4.60. The predicted molar refractivity (Wildman–Crippen MR) is 70.3 cm³/mol. The molecule has 0 aliphatic rings. The van der Waals surface area contributed by atoms with E-state index >= 15 is 0 Å². The molecule has 0 aliphatic carbocycles. The van der Waals surface area contributed by atoms with Gasteiger partial charge in [-0.2, -0.15) is 5.26 Å². The quantitative estimate of drug-likeness (QED) is 0.709. The first-order valence-corrected chi connectivity index (χ1v) is 6.04. The largest absolute Gasteiger partial charge is 0.384 e. The lowest BCUT2D eigenvalue weighted by Gasteiger charge is -2.03. The third kappa shape index (κ3) is 1.33. The molecular weight excluding hydrogens is 230 g/mol. The maximum atomic E-state index is 9.19. The second kappa shape index (κ2) is 3.65. The Kier molecular flexibility index (Phi) is 2.13. The molecule has 82 valence electrons. The average molecular weight is 239 g/mol. The molecule has 0 fully saturated rings. The Bertz CT molecular complexity index is 717. The number of aromatic nitrogens is 1. The summed E-state index contributed by atoms with van der Waals surface area (Å²) in [5.74, 6) is 0.510. The van der Waals surface area contributed by atoms with E-state index < -0.39 is 0 Å². The Morgan fingerprint density at radius 2 is 2.00 bits per heavy atom. The van der Waals surface area contributed by atoms with Crippen LogP contribution in [0.4, 0.5) is 5.82 Å². The molecule has 0 amide bonds. The average Bonchev–Trinajstić information content (AvgIpc) is 2.93. The van der Waals surface area contributed by atoms with E-state index in [0.29, 0.717) is 11.4 Å². The van der Waals surface area contributed by atoms with Crippen molar-refractivity contribution in [1.82, 2.24) is 4.57 Å². The van der Waals surface area contributed by atoms with Gasteiger partial charge in [0.2, 0.25) is 0 Å². The molecule has 1 aromatic carbocycles. The lowest BCUT2D eigenvalue weighted by molar-refractivity contribution is 1.17. The summed E-state index contributed by atoms with van der Waals surface area (Å²) in [6.45, 7) is 0. The highest BCUT2D eigenvalue weighted by atomic mass is 32.1. The highest BCUT2D eigenvalue weighted by Crippen LogP contribution is 2.32. The van der Waals surface area contributed by atoms with Gasteiger partial charge >= 0.3 is 0 Å². The number of rotatable bonds is 1. The zero-order valence-electron chi connectivity index (χ0n) is 8.92. The smallest absolute Gasteiger partial charge is 0.127 e. The molecular formula is C13H9N3S. The molecule has 0 bridgehead atoms. The molecule has 0 aliphatic heterocycles. The van der Waals surface area contributed by atoms with E-state index in [4.69, 9.17) is 5.73 Å². The van der Waals surface area contributed by atoms with Crippen LogP contribution in [0.5, 0.6) is 0 Å². The minimum atomic E-state index is 0.510. The molecule has 0 radical (unpaired) electrons. The molecule has 3 nitrogen and oxygen atoms in total. The first kappa shape index (κ1) is 9.94. The Hall–Kier alpha value is -2.25. The maximum Gasteiger partial charge on any atom is 0.127 e. The SMILES string of the molecule is N#Cc1c(N)n(-c2cccs2)c2ccccc12. The molecule has 0 unspecified atom stereocenters. The molecule has 2 N–H and O–H groups in total. The number of nitrogens with two attached hydrogens (primary N) is 1. The summed E-state index contributed by atoms with van der Waals surface area (Å²) in [6.07, 6.45) is 0. The van der Waals surface area contributed by atoms with Crippen LogP contribution in [0.2, 0.25) is 0 Å². The van der Waals surface area contributed by atoms with Crippen LogP contribution in [0.1, 0.15) is 5.56 Å². The fraction of sp³-hybridized carbons (Fsp3) is 0. The van der Waals surface area contributed by atoms with Gasteiger partial charge in [0.1, 0.15) is 22.5 Å². The number of nitrogens with zero attached hydrogens (tertiary/aromatic N) is 2. The number of nitrogen functional groups attached to an aromatic ring is 1. The second-order valence-electron chi connectivity index (χ2n) is 3.68. The summed E-state index contributed by atoms with van der Waals surface area (Å²) in [6, 6.07) is 13.9. The summed E-state index contributed by atoms with van der Waals surface area (Å²) < 4.78 is 1.93. The lowest BCUT2D eigenvalue weighted by Crippen LogP contribution is -1.98. The van der Waals surface area contributed by atoms with Crippen molar-refractivity contribution in [1.29, 1.82) is 5.26 Å². The molecule has 4 heteroatoms. The molecule has 3 rings (SSSR count). The van der Waals surface area contributed by atoms with Crippen molar-refractivity contribution in [3.8, 4) is 11.1 Å². The van der Waals surface area contributed by atoms with Crippen molar-refractivity contribution < 1.29 is 0 Å². The monoisotopic (exact) mass is 239 g/mol. The lowest BCUT2D eigenvalue weighted by atomic mass is 10.2. The number of benzene rings is 1. The molecule has 0 atom stereocenters. The van der Waals surface area contributed by atoms with Crippen molar-refractivity contribution in [3.63, 3.8) is 0 Å². The van der Waals surface area contributed by atoms with Crippen LogP contribution in [-0.4, -0.2) is 4.57 Å². The van der Waals surface area contributed by atoms with Gasteiger partial charge in [-0.15, -0.1) is 11.3 Å². The van der Waals surface area contributed by atoms with Crippen LogP contribution >= 0.6 is 11.3 Å². The van der Waals surface area contributed by atoms with Crippen LogP contribution in [0.3, 0.4) is 0 Å². The van der Waals surface area contributed by atoms with E-state index in [-0.39, 0.29) is 0 Å². The number of hydrogen-bond donors (Lipinski definition) is 1. The summed E-state index contributed by atoms with van der Waals surface area (Å²) in [5, 5.41) is 13.1. The highest BCUT2D eigenvalue weighted by molar-refractivity contribution is 7.12. The van der Waals surface area contributed by atoms with Crippen LogP contribution in [0, 0.1) is 11.3 Å². The minimum Gasteiger partial charge on any atom is -0.384 e. The number of fused-ring (bicyclic) bond motifs is 1. The third-order valence-electron chi connectivity index (χ3n) is 2.75. The van der Waals surface area contributed by atoms with Gasteiger partial charge in [-0.05, 0) is 23.6 Å². The van der Waals surface area contributed by atoms with Gasteiger partial charge in [-0.1, -0.05) is 18.2 Å². The van der Waals surface area contributed by atoms with Gasteiger partial charge in [0.25, 0.3) is 0 Å². The van der Waals surface area contributed by atoms with Gasteiger partial charge in [-0.25, -0.2) is 0 Å². The fourth-order valence-corrected chi connectivity index (χ4v) is 2.77. The highest BCUT2D eigenvalue weighted by Gasteiger charge is 2.15. The van der Waals surface area contributed by atoms with Gasteiger partial charge in [0.05, 0.1) is 5.52 Å². The first-order chi connectivity index (χ1) is 8.33. The predicted octanol–water partition coefficient (Wildman–Crippen LogP) is 3.15. The Morgan fingerprint density at radius 3 is 2.71 bits per heavy atom.